The quantitative estimate of drug-likeness (QED) is 0.827. The monoisotopic (exact) mass is 240 g/mol. The van der Waals surface area contributed by atoms with E-state index < -0.39 is 0 Å². The Labute approximate surface area is 101 Å². The second kappa shape index (κ2) is 5.75. The number of aliphatic hydroxyl groups is 1. The third-order valence-corrected chi connectivity index (χ3v) is 4.29. The number of rotatable bonds is 5. The normalized spacial score (nSPS) is 25.1. The Balaban J connectivity index is 1.67. The van der Waals surface area contributed by atoms with Gasteiger partial charge in [0.25, 0.3) is 0 Å². The number of thiazole rings is 1. The second-order valence-electron chi connectivity index (χ2n) is 4.54. The highest BCUT2D eigenvalue weighted by molar-refractivity contribution is 7.11. The fraction of sp³-hybridized carbons (Fsp3) is 0.750. The molecule has 1 aromatic heterocycles. The van der Waals surface area contributed by atoms with E-state index in [9.17, 15) is 5.11 Å². The average molecular weight is 240 g/mol. The van der Waals surface area contributed by atoms with Crippen LogP contribution in [-0.2, 0) is 13.0 Å². The number of nitrogens with one attached hydrogen (secondary N) is 1. The van der Waals surface area contributed by atoms with Gasteiger partial charge in [0.1, 0.15) is 0 Å². The van der Waals surface area contributed by atoms with Crippen molar-refractivity contribution < 1.29 is 5.11 Å². The molecular weight excluding hydrogens is 220 g/mol. The number of aromatic nitrogens is 1. The number of nitrogens with zero attached hydrogens (tertiary/aromatic N) is 1. The summed E-state index contributed by atoms with van der Waals surface area (Å²) >= 11 is 1.79. The number of hydrogen-bond donors (Lipinski definition) is 2. The highest BCUT2D eigenvalue weighted by Gasteiger charge is 2.21. The Morgan fingerprint density at radius 2 is 2.44 bits per heavy atom. The van der Waals surface area contributed by atoms with Crippen LogP contribution in [0.1, 0.15) is 36.1 Å². The summed E-state index contributed by atoms with van der Waals surface area (Å²) in [6, 6.07) is 0. The smallest absolute Gasteiger partial charge is 0.0925 e. The van der Waals surface area contributed by atoms with Gasteiger partial charge in [-0.05, 0) is 38.1 Å². The SMILES string of the molecule is CCc1ncc(CNCC2CCC(O)C2)s1. The zero-order chi connectivity index (χ0) is 11.4. The summed E-state index contributed by atoms with van der Waals surface area (Å²) in [5.74, 6) is 0.661. The van der Waals surface area contributed by atoms with E-state index in [1.807, 2.05) is 6.20 Å². The molecule has 0 spiro atoms. The lowest BCUT2D eigenvalue weighted by atomic mass is 10.1. The number of aliphatic hydroxyl groups excluding tert-OH is 1. The van der Waals surface area contributed by atoms with Crippen LogP contribution in [0.15, 0.2) is 6.20 Å². The van der Waals surface area contributed by atoms with E-state index in [1.54, 1.807) is 11.3 Å². The zero-order valence-corrected chi connectivity index (χ0v) is 10.6. The van der Waals surface area contributed by atoms with Gasteiger partial charge in [-0.1, -0.05) is 6.92 Å². The standard InChI is InChI=1S/C12H20N2OS/c1-2-12-14-8-11(16-12)7-13-6-9-3-4-10(15)5-9/h8-10,13,15H,2-7H2,1H3. The molecule has 3 nitrogen and oxygen atoms in total. The molecule has 2 rings (SSSR count). The third-order valence-electron chi connectivity index (χ3n) is 3.15. The fourth-order valence-electron chi connectivity index (χ4n) is 2.23. The van der Waals surface area contributed by atoms with Gasteiger partial charge in [0.2, 0.25) is 0 Å². The molecule has 0 bridgehead atoms. The Kier molecular flexibility index (Phi) is 4.32. The fourth-order valence-corrected chi connectivity index (χ4v) is 3.06. The predicted molar refractivity (Wildman–Crippen MR) is 66.5 cm³/mol. The van der Waals surface area contributed by atoms with Gasteiger partial charge in [-0.3, -0.25) is 0 Å². The Morgan fingerprint density at radius 1 is 1.56 bits per heavy atom. The van der Waals surface area contributed by atoms with Crippen molar-refractivity contribution in [2.24, 2.45) is 5.92 Å². The van der Waals surface area contributed by atoms with Crippen LogP contribution < -0.4 is 5.32 Å². The third kappa shape index (κ3) is 3.27. The van der Waals surface area contributed by atoms with Gasteiger partial charge in [0, 0.05) is 17.6 Å². The van der Waals surface area contributed by atoms with Crippen LogP contribution in [0.25, 0.3) is 0 Å². The molecule has 0 aliphatic heterocycles. The van der Waals surface area contributed by atoms with Crippen LogP contribution in [0.3, 0.4) is 0 Å². The van der Waals surface area contributed by atoms with Gasteiger partial charge in [-0.15, -0.1) is 11.3 Å². The van der Waals surface area contributed by atoms with E-state index in [4.69, 9.17) is 0 Å². The largest absolute Gasteiger partial charge is 0.393 e. The summed E-state index contributed by atoms with van der Waals surface area (Å²) in [5.41, 5.74) is 0. The Bertz CT molecular complexity index is 327. The molecule has 4 heteroatoms. The van der Waals surface area contributed by atoms with Crippen molar-refractivity contribution in [2.75, 3.05) is 6.54 Å². The van der Waals surface area contributed by atoms with Gasteiger partial charge in [0.05, 0.1) is 11.1 Å². The van der Waals surface area contributed by atoms with Crippen molar-refractivity contribution >= 4 is 11.3 Å². The van der Waals surface area contributed by atoms with E-state index in [-0.39, 0.29) is 6.10 Å². The molecule has 1 saturated carbocycles. The lowest BCUT2D eigenvalue weighted by Gasteiger charge is -2.09. The number of aryl methyl sites for hydroxylation is 1. The van der Waals surface area contributed by atoms with Crippen LogP contribution in [0.2, 0.25) is 0 Å². The molecule has 2 N–H and O–H groups in total. The Hall–Kier alpha value is -0.450. The molecule has 1 aliphatic rings. The van der Waals surface area contributed by atoms with Crippen molar-refractivity contribution in [3.8, 4) is 0 Å². The van der Waals surface area contributed by atoms with E-state index in [0.717, 1.165) is 38.8 Å². The molecule has 2 atom stereocenters. The summed E-state index contributed by atoms with van der Waals surface area (Å²) in [7, 11) is 0. The van der Waals surface area contributed by atoms with Gasteiger partial charge >= 0.3 is 0 Å². The molecule has 1 aromatic rings. The maximum atomic E-state index is 9.42. The molecule has 1 fully saturated rings. The maximum absolute atomic E-state index is 9.42. The van der Waals surface area contributed by atoms with Crippen molar-refractivity contribution in [3.63, 3.8) is 0 Å². The molecule has 0 saturated heterocycles. The van der Waals surface area contributed by atoms with Gasteiger partial charge < -0.3 is 10.4 Å². The minimum atomic E-state index is -0.0538. The summed E-state index contributed by atoms with van der Waals surface area (Å²) in [6.45, 7) is 4.08. The van der Waals surface area contributed by atoms with Crippen molar-refractivity contribution in [2.45, 2.75) is 45.3 Å². The highest BCUT2D eigenvalue weighted by atomic mass is 32.1. The van der Waals surface area contributed by atoms with E-state index in [2.05, 4.69) is 17.2 Å². The lowest BCUT2D eigenvalue weighted by molar-refractivity contribution is 0.177. The van der Waals surface area contributed by atoms with Crippen molar-refractivity contribution in [1.82, 2.24) is 10.3 Å². The topological polar surface area (TPSA) is 45.2 Å². The molecule has 0 aromatic carbocycles. The first-order valence-electron chi connectivity index (χ1n) is 6.10. The molecule has 2 unspecified atom stereocenters. The Morgan fingerprint density at radius 3 is 3.06 bits per heavy atom. The van der Waals surface area contributed by atoms with Crippen LogP contribution in [0.4, 0.5) is 0 Å². The molecule has 90 valence electrons. The van der Waals surface area contributed by atoms with Gasteiger partial charge in [0.15, 0.2) is 0 Å². The molecule has 0 amide bonds. The molecule has 1 heterocycles. The molecule has 1 aliphatic carbocycles. The summed E-state index contributed by atoms with van der Waals surface area (Å²) in [4.78, 5) is 5.65. The average Bonchev–Trinajstić information content (AvgIpc) is 2.88. The van der Waals surface area contributed by atoms with E-state index in [0.29, 0.717) is 5.92 Å². The van der Waals surface area contributed by atoms with Crippen LogP contribution in [0.5, 0.6) is 0 Å². The number of hydrogen-bond acceptors (Lipinski definition) is 4. The van der Waals surface area contributed by atoms with Crippen LogP contribution in [0, 0.1) is 5.92 Å². The van der Waals surface area contributed by atoms with Crippen LogP contribution in [-0.4, -0.2) is 22.7 Å². The van der Waals surface area contributed by atoms with E-state index in [1.165, 1.54) is 9.88 Å². The second-order valence-corrected chi connectivity index (χ2v) is 5.74. The first kappa shape index (κ1) is 12.0. The first-order valence-corrected chi connectivity index (χ1v) is 6.92. The van der Waals surface area contributed by atoms with E-state index >= 15 is 0 Å². The predicted octanol–water partition coefficient (Wildman–Crippen LogP) is 1.96. The summed E-state index contributed by atoms with van der Waals surface area (Å²) in [6.07, 6.45) is 6.06. The first-order chi connectivity index (χ1) is 7.78. The minimum absolute atomic E-state index is 0.0538. The van der Waals surface area contributed by atoms with Gasteiger partial charge in [-0.25, -0.2) is 4.98 Å². The molecule has 0 radical (unpaired) electrons. The minimum Gasteiger partial charge on any atom is -0.393 e. The summed E-state index contributed by atoms with van der Waals surface area (Å²) < 4.78 is 0. The maximum Gasteiger partial charge on any atom is 0.0925 e. The molecule has 16 heavy (non-hydrogen) atoms. The summed E-state index contributed by atoms with van der Waals surface area (Å²) in [5, 5.41) is 14.1. The lowest BCUT2D eigenvalue weighted by Crippen LogP contribution is -2.20. The molecular formula is C12H20N2OS. The van der Waals surface area contributed by atoms with Crippen molar-refractivity contribution in [3.05, 3.63) is 16.1 Å². The van der Waals surface area contributed by atoms with Crippen molar-refractivity contribution in [1.29, 1.82) is 0 Å². The van der Waals surface area contributed by atoms with Crippen LogP contribution >= 0.6 is 11.3 Å². The van der Waals surface area contributed by atoms with Gasteiger partial charge in [-0.2, -0.15) is 0 Å². The highest BCUT2D eigenvalue weighted by Crippen LogP contribution is 2.24. The zero-order valence-electron chi connectivity index (χ0n) is 9.78.